The SMILES string of the molecule is CCCCC(C)CC(C)(CNC)CC(C)CC. The standard InChI is InChI=1S/C16H35N/c1-7-9-10-15(4)12-16(5,13-17-6)11-14(3)8-2/h14-15,17H,7-13H2,1-6H3. The van der Waals surface area contributed by atoms with Gasteiger partial charge in [0.05, 0.1) is 0 Å². The molecule has 0 saturated heterocycles. The van der Waals surface area contributed by atoms with Crippen molar-refractivity contribution in [1.29, 1.82) is 0 Å². The van der Waals surface area contributed by atoms with Gasteiger partial charge in [0, 0.05) is 6.54 Å². The van der Waals surface area contributed by atoms with Gasteiger partial charge in [-0.3, -0.25) is 0 Å². The van der Waals surface area contributed by atoms with Crippen molar-refractivity contribution >= 4 is 0 Å². The topological polar surface area (TPSA) is 12.0 Å². The quantitative estimate of drug-likeness (QED) is 0.575. The molecule has 1 heteroatoms. The van der Waals surface area contributed by atoms with Gasteiger partial charge in [-0.25, -0.2) is 0 Å². The lowest BCUT2D eigenvalue weighted by atomic mass is 9.74. The van der Waals surface area contributed by atoms with E-state index in [2.05, 4.69) is 47.0 Å². The summed E-state index contributed by atoms with van der Waals surface area (Å²) in [7, 11) is 2.09. The summed E-state index contributed by atoms with van der Waals surface area (Å²) < 4.78 is 0. The molecule has 0 rings (SSSR count). The molecule has 0 radical (unpaired) electrons. The van der Waals surface area contributed by atoms with E-state index in [-0.39, 0.29) is 0 Å². The Morgan fingerprint density at radius 2 is 1.65 bits per heavy atom. The maximum Gasteiger partial charge on any atom is 0.000236 e. The zero-order valence-electron chi connectivity index (χ0n) is 13.1. The molecule has 0 aromatic carbocycles. The minimum absolute atomic E-state index is 0.483. The third kappa shape index (κ3) is 7.81. The summed E-state index contributed by atoms with van der Waals surface area (Å²) in [6.07, 6.45) is 8.16. The second kappa shape index (κ2) is 8.97. The van der Waals surface area contributed by atoms with Crippen LogP contribution in [0.4, 0.5) is 0 Å². The van der Waals surface area contributed by atoms with Crippen LogP contribution in [-0.2, 0) is 0 Å². The van der Waals surface area contributed by atoms with E-state index >= 15 is 0 Å². The minimum atomic E-state index is 0.483. The summed E-state index contributed by atoms with van der Waals surface area (Å²) in [4.78, 5) is 0. The molecule has 0 aliphatic carbocycles. The van der Waals surface area contributed by atoms with E-state index in [4.69, 9.17) is 0 Å². The Bertz CT molecular complexity index is 178. The molecule has 1 nitrogen and oxygen atoms in total. The van der Waals surface area contributed by atoms with Crippen molar-refractivity contribution in [1.82, 2.24) is 5.32 Å². The van der Waals surface area contributed by atoms with Crippen LogP contribution >= 0.6 is 0 Å². The van der Waals surface area contributed by atoms with Crippen molar-refractivity contribution in [2.75, 3.05) is 13.6 Å². The molecule has 0 saturated carbocycles. The molecule has 17 heavy (non-hydrogen) atoms. The molecule has 3 unspecified atom stereocenters. The predicted molar refractivity (Wildman–Crippen MR) is 79.4 cm³/mol. The minimum Gasteiger partial charge on any atom is -0.319 e. The molecule has 0 bridgehead atoms. The van der Waals surface area contributed by atoms with Crippen molar-refractivity contribution < 1.29 is 0 Å². The van der Waals surface area contributed by atoms with Gasteiger partial charge in [-0.1, -0.05) is 60.3 Å². The summed E-state index contributed by atoms with van der Waals surface area (Å²) >= 11 is 0. The monoisotopic (exact) mass is 241 g/mol. The molecule has 0 aromatic heterocycles. The lowest BCUT2D eigenvalue weighted by molar-refractivity contribution is 0.184. The van der Waals surface area contributed by atoms with E-state index in [1.54, 1.807) is 0 Å². The van der Waals surface area contributed by atoms with E-state index in [0.717, 1.165) is 18.4 Å². The first-order chi connectivity index (χ1) is 7.97. The maximum atomic E-state index is 3.40. The molecule has 1 N–H and O–H groups in total. The second-order valence-electron chi connectivity index (χ2n) is 6.51. The number of hydrogen-bond donors (Lipinski definition) is 1. The third-order valence-corrected chi connectivity index (χ3v) is 4.03. The van der Waals surface area contributed by atoms with Crippen LogP contribution in [0.15, 0.2) is 0 Å². The highest BCUT2D eigenvalue weighted by Gasteiger charge is 2.27. The van der Waals surface area contributed by atoms with Gasteiger partial charge in [0.15, 0.2) is 0 Å². The Hall–Kier alpha value is -0.0400. The number of nitrogens with one attached hydrogen (secondary N) is 1. The molecule has 0 fully saturated rings. The van der Waals surface area contributed by atoms with Crippen LogP contribution in [0.5, 0.6) is 0 Å². The number of unbranched alkanes of at least 4 members (excludes halogenated alkanes) is 1. The molecule has 0 aliphatic heterocycles. The smallest absolute Gasteiger partial charge is 0.000236 e. The molecule has 0 heterocycles. The van der Waals surface area contributed by atoms with Gasteiger partial charge in [-0.05, 0) is 37.1 Å². The molecular weight excluding hydrogens is 206 g/mol. The highest BCUT2D eigenvalue weighted by Crippen LogP contribution is 2.35. The first-order valence-electron chi connectivity index (χ1n) is 7.62. The van der Waals surface area contributed by atoms with Crippen LogP contribution in [-0.4, -0.2) is 13.6 Å². The fourth-order valence-electron chi connectivity index (χ4n) is 3.14. The molecule has 104 valence electrons. The zero-order valence-corrected chi connectivity index (χ0v) is 13.1. The molecule has 0 amide bonds. The molecular formula is C16H35N. The fraction of sp³-hybridized carbons (Fsp3) is 1.00. The average Bonchev–Trinajstić information content (AvgIpc) is 2.26. The van der Waals surface area contributed by atoms with Gasteiger partial charge in [-0.2, -0.15) is 0 Å². The van der Waals surface area contributed by atoms with E-state index in [9.17, 15) is 0 Å². The van der Waals surface area contributed by atoms with Gasteiger partial charge in [0.1, 0.15) is 0 Å². The van der Waals surface area contributed by atoms with E-state index in [1.807, 2.05) is 0 Å². The second-order valence-corrected chi connectivity index (χ2v) is 6.51. The summed E-state index contributed by atoms with van der Waals surface area (Å²) in [6.45, 7) is 13.1. The summed E-state index contributed by atoms with van der Waals surface area (Å²) in [5.41, 5.74) is 0.483. The van der Waals surface area contributed by atoms with Gasteiger partial charge >= 0.3 is 0 Å². The number of hydrogen-bond acceptors (Lipinski definition) is 1. The lowest BCUT2D eigenvalue weighted by Gasteiger charge is -2.34. The molecule has 0 aliphatic rings. The Morgan fingerprint density at radius 3 is 2.12 bits per heavy atom. The largest absolute Gasteiger partial charge is 0.319 e. The Balaban J connectivity index is 4.27. The van der Waals surface area contributed by atoms with Crippen molar-refractivity contribution in [3.8, 4) is 0 Å². The van der Waals surface area contributed by atoms with Crippen LogP contribution in [0.1, 0.15) is 73.1 Å². The van der Waals surface area contributed by atoms with E-state index in [1.165, 1.54) is 38.5 Å². The Kier molecular flexibility index (Phi) is 8.94. The Labute approximate surface area is 110 Å². The van der Waals surface area contributed by atoms with Crippen molar-refractivity contribution in [2.45, 2.75) is 73.1 Å². The normalized spacial score (nSPS) is 18.7. The highest BCUT2D eigenvalue weighted by atomic mass is 14.8. The lowest BCUT2D eigenvalue weighted by Crippen LogP contribution is -2.33. The maximum absolute atomic E-state index is 3.40. The summed E-state index contributed by atoms with van der Waals surface area (Å²) in [5.74, 6) is 1.73. The fourth-order valence-corrected chi connectivity index (χ4v) is 3.14. The van der Waals surface area contributed by atoms with Gasteiger partial charge in [0.25, 0.3) is 0 Å². The van der Waals surface area contributed by atoms with Crippen molar-refractivity contribution in [3.05, 3.63) is 0 Å². The predicted octanol–water partition coefficient (Wildman–Crippen LogP) is 4.86. The van der Waals surface area contributed by atoms with E-state index < -0.39 is 0 Å². The van der Waals surface area contributed by atoms with Crippen LogP contribution in [0.3, 0.4) is 0 Å². The Morgan fingerprint density at radius 1 is 1.06 bits per heavy atom. The van der Waals surface area contributed by atoms with Crippen LogP contribution in [0.2, 0.25) is 0 Å². The van der Waals surface area contributed by atoms with Gasteiger partial charge in [-0.15, -0.1) is 0 Å². The average molecular weight is 241 g/mol. The zero-order chi connectivity index (χ0) is 13.3. The van der Waals surface area contributed by atoms with Crippen LogP contribution in [0, 0.1) is 17.3 Å². The molecule has 0 aromatic rings. The highest BCUT2D eigenvalue weighted by molar-refractivity contribution is 4.80. The molecule has 0 spiro atoms. The van der Waals surface area contributed by atoms with E-state index in [0.29, 0.717) is 5.41 Å². The summed E-state index contributed by atoms with van der Waals surface area (Å²) in [5, 5.41) is 3.40. The first kappa shape index (κ1) is 17.0. The summed E-state index contributed by atoms with van der Waals surface area (Å²) in [6, 6.07) is 0. The van der Waals surface area contributed by atoms with Crippen LogP contribution < -0.4 is 5.32 Å². The third-order valence-electron chi connectivity index (χ3n) is 4.03. The first-order valence-corrected chi connectivity index (χ1v) is 7.62. The number of rotatable bonds is 10. The van der Waals surface area contributed by atoms with Gasteiger partial charge < -0.3 is 5.32 Å². The van der Waals surface area contributed by atoms with Crippen LogP contribution in [0.25, 0.3) is 0 Å². The molecule has 3 atom stereocenters. The van der Waals surface area contributed by atoms with Crippen molar-refractivity contribution in [3.63, 3.8) is 0 Å². The van der Waals surface area contributed by atoms with Gasteiger partial charge in [0.2, 0.25) is 0 Å². The van der Waals surface area contributed by atoms with Crippen molar-refractivity contribution in [2.24, 2.45) is 17.3 Å².